The van der Waals surface area contributed by atoms with Crippen LogP contribution in [0.4, 0.5) is 0 Å². The summed E-state index contributed by atoms with van der Waals surface area (Å²) in [6.07, 6.45) is 1.24. The summed E-state index contributed by atoms with van der Waals surface area (Å²) >= 11 is 0. The molecule has 1 unspecified atom stereocenters. The van der Waals surface area contributed by atoms with Gasteiger partial charge in [-0.2, -0.15) is 0 Å². The molecule has 1 aliphatic rings. The normalized spacial score (nSPS) is 15.9. The quantitative estimate of drug-likeness (QED) is 0.621. The van der Waals surface area contributed by atoms with Gasteiger partial charge in [0.25, 0.3) is 0 Å². The van der Waals surface area contributed by atoms with Crippen molar-refractivity contribution >= 4 is 5.52 Å². The van der Waals surface area contributed by atoms with E-state index in [1.54, 1.807) is 0 Å². The van der Waals surface area contributed by atoms with Crippen molar-refractivity contribution < 1.29 is 9.84 Å². The van der Waals surface area contributed by atoms with Crippen LogP contribution in [0.1, 0.15) is 42.5 Å². The van der Waals surface area contributed by atoms with Gasteiger partial charge in [-0.15, -0.1) is 0 Å². The van der Waals surface area contributed by atoms with Crippen LogP contribution in [0.2, 0.25) is 0 Å². The van der Waals surface area contributed by atoms with Crippen LogP contribution in [0.3, 0.4) is 0 Å². The minimum Gasteiger partial charge on any atom is -0.491 e. The number of aromatic nitrogens is 1. The topological polar surface area (TPSA) is 57.9 Å². The highest BCUT2D eigenvalue weighted by atomic mass is 16.5. The fourth-order valence-electron chi connectivity index (χ4n) is 3.88. The van der Waals surface area contributed by atoms with E-state index in [9.17, 15) is 5.11 Å². The van der Waals surface area contributed by atoms with Gasteiger partial charge >= 0.3 is 0 Å². The van der Waals surface area contributed by atoms with E-state index in [4.69, 9.17) is 4.74 Å². The number of aryl methyl sites for hydroxylation is 1. The van der Waals surface area contributed by atoms with Crippen LogP contribution in [0.5, 0.6) is 5.75 Å². The number of aliphatic hydroxyl groups is 1. The minimum absolute atomic E-state index is 0.439. The predicted molar refractivity (Wildman–Crippen MR) is 107 cm³/mol. The standard InChI is InChI=1S/C22H27N3O2/c1-15-6-5-12-25-18(15)9-10-19(25)22(2,3)24-21(26)17-8-4-7-16-14-23-11-13-27-20(16)17/h4-10,12,21,23-24,26H,11,13-14H2,1-3H3. The first-order chi connectivity index (χ1) is 13.0. The number of rotatable bonds is 4. The summed E-state index contributed by atoms with van der Waals surface area (Å²) in [6, 6.07) is 14.3. The average Bonchev–Trinajstić information content (AvgIpc) is 2.94. The van der Waals surface area contributed by atoms with Crippen molar-refractivity contribution in [3.63, 3.8) is 0 Å². The molecule has 5 nitrogen and oxygen atoms in total. The fraction of sp³-hybridized carbons (Fsp3) is 0.364. The Balaban J connectivity index is 1.66. The molecule has 3 aromatic rings. The van der Waals surface area contributed by atoms with E-state index in [-0.39, 0.29) is 0 Å². The molecule has 27 heavy (non-hydrogen) atoms. The molecule has 3 heterocycles. The Morgan fingerprint density at radius 1 is 1.19 bits per heavy atom. The van der Waals surface area contributed by atoms with Crippen LogP contribution in [0, 0.1) is 6.92 Å². The molecule has 2 aromatic heterocycles. The number of para-hydroxylation sites is 1. The summed E-state index contributed by atoms with van der Waals surface area (Å²) in [4.78, 5) is 0. The van der Waals surface area contributed by atoms with Gasteiger partial charge in [0.1, 0.15) is 18.6 Å². The van der Waals surface area contributed by atoms with Crippen molar-refractivity contribution in [2.75, 3.05) is 13.2 Å². The maximum absolute atomic E-state index is 11.0. The first-order valence-corrected chi connectivity index (χ1v) is 9.45. The lowest BCUT2D eigenvalue weighted by Gasteiger charge is -2.31. The van der Waals surface area contributed by atoms with Crippen molar-refractivity contribution in [3.8, 4) is 5.75 Å². The Kier molecular flexibility index (Phi) is 4.68. The minimum atomic E-state index is -0.830. The maximum Gasteiger partial charge on any atom is 0.135 e. The third kappa shape index (κ3) is 3.34. The highest BCUT2D eigenvalue weighted by Crippen LogP contribution is 2.32. The van der Waals surface area contributed by atoms with Gasteiger partial charge in [0, 0.05) is 41.6 Å². The zero-order valence-electron chi connectivity index (χ0n) is 16.1. The van der Waals surface area contributed by atoms with Crippen LogP contribution < -0.4 is 15.4 Å². The van der Waals surface area contributed by atoms with E-state index >= 15 is 0 Å². The van der Waals surface area contributed by atoms with E-state index in [2.05, 4.69) is 66.3 Å². The number of hydrogen-bond donors (Lipinski definition) is 3. The van der Waals surface area contributed by atoms with Gasteiger partial charge < -0.3 is 19.6 Å². The number of ether oxygens (including phenoxy) is 1. The van der Waals surface area contributed by atoms with E-state index < -0.39 is 11.8 Å². The van der Waals surface area contributed by atoms with Crippen LogP contribution >= 0.6 is 0 Å². The lowest BCUT2D eigenvalue weighted by atomic mass is 9.98. The molecule has 0 radical (unpaired) electrons. The number of nitrogens with zero attached hydrogens (tertiary/aromatic N) is 1. The molecule has 1 aliphatic heterocycles. The van der Waals surface area contributed by atoms with Gasteiger partial charge in [-0.1, -0.05) is 24.3 Å². The van der Waals surface area contributed by atoms with Crippen molar-refractivity contribution in [3.05, 3.63) is 71.0 Å². The second-order valence-corrected chi connectivity index (χ2v) is 7.70. The Bertz CT molecular complexity index is 961. The predicted octanol–water partition coefficient (Wildman–Crippen LogP) is 3.25. The molecule has 0 aliphatic carbocycles. The highest BCUT2D eigenvalue weighted by molar-refractivity contribution is 5.57. The SMILES string of the molecule is Cc1cccn2c(C(C)(C)NC(O)c3cccc4c3OCCNC4)ccc12. The Morgan fingerprint density at radius 3 is 2.89 bits per heavy atom. The number of pyridine rings is 1. The van der Waals surface area contributed by atoms with Gasteiger partial charge in [0.2, 0.25) is 0 Å². The molecule has 1 atom stereocenters. The van der Waals surface area contributed by atoms with E-state index in [0.29, 0.717) is 6.61 Å². The first kappa shape index (κ1) is 18.0. The smallest absolute Gasteiger partial charge is 0.135 e. The van der Waals surface area contributed by atoms with E-state index in [1.165, 1.54) is 11.1 Å². The number of hydrogen-bond acceptors (Lipinski definition) is 4. The number of aliphatic hydroxyl groups excluding tert-OH is 1. The van der Waals surface area contributed by atoms with Gasteiger partial charge in [-0.25, -0.2) is 0 Å². The fourth-order valence-corrected chi connectivity index (χ4v) is 3.88. The molecule has 0 fully saturated rings. The molecule has 4 rings (SSSR count). The summed E-state index contributed by atoms with van der Waals surface area (Å²) < 4.78 is 8.11. The summed E-state index contributed by atoms with van der Waals surface area (Å²) in [7, 11) is 0. The maximum atomic E-state index is 11.0. The summed E-state index contributed by atoms with van der Waals surface area (Å²) in [5.74, 6) is 0.786. The number of nitrogens with one attached hydrogen (secondary N) is 2. The van der Waals surface area contributed by atoms with Crippen LogP contribution in [0.15, 0.2) is 48.7 Å². The summed E-state index contributed by atoms with van der Waals surface area (Å²) in [6.45, 7) is 8.44. The molecular formula is C22H27N3O2. The third-order valence-corrected chi connectivity index (χ3v) is 5.30. The van der Waals surface area contributed by atoms with Gasteiger partial charge in [-0.3, -0.25) is 5.32 Å². The van der Waals surface area contributed by atoms with E-state index in [0.717, 1.165) is 35.7 Å². The molecule has 142 valence electrons. The second-order valence-electron chi connectivity index (χ2n) is 7.70. The van der Waals surface area contributed by atoms with Crippen LogP contribution in [-0.2, 0) is 12.1 Å². The third-order valence-electron chi connectivity index (χ3n) is 5.30. The Morgan fingerprint density at radius 2 is 2.04 bits per heavy atom. The van der Waals surface area contributed by atoms with Crippen LogP contribution in [-0.4, -0.2) is 22.7 Å². The molecule has 0 amide bonds. The van der Waals surface area contributed by atoms with Crippen molar-refractivity contribution in [2.45, 2.75) is 39.1 Å². The number of benzene rings is 1. The Hall–Kier alpha value is -2.34. The zero-order valence-corrected chi connectivity index (χ0v) is 16.1. The lowest BCUT2D eigenvalue weighted by Crippen LogP contribution is -2.40. The van der Waals surface area contributed by atoms with Crippen LogP contribution in [0.25, 0.3) is 5.52 Å². The van der Waals surface area contributed by atoms with Crippen molar-refractivity contribution in [2.24, 2.45) is 0 Å². The monoisotopic (exact) mass is 365 g/mol. The van der Waals surface area contributed by atoms with Gasteiger partial charge in [0.05, 0.1) is 5.54 Å². The number of fused-ring (bicyclic) bond motifs is 2. The highest BCUT2D eigenvalue weighted by Gasteiger charge is 2.29. The summed E-state index contributed by atoms with van der Waals surface area (Å²) in [5.41, 5.74) is 4.93. The molecule has 3 N–H and O–H groups in total. The van der Waals surface area contributed by atoms with E-state index in [1.807, 2.05) is 18.2 Å². The molecule has 0 spiro atoms. The van der Waals surface area contributed by atoms with Crippen molar-refractivity contribution in [1.29, 1.82) is 0 Å². The molecular weight excluding hydrogens is 338 g/mol. The first-order valence-electron chi connectivity index (χ1n) is 9.45. The second kappa shape index (κ2) is 7.00. The van der Waals surface area contributed by atoms with Crippen molar-refractivity contribution in [1.82, 2.24) is 15.0 Å². The molecule has 1 aromatic carbocycles. The molecule has 0 saturated carbocycles. The zero-order chi connectivity index (χ0) is 19.0. The Labute approximate surface area is 160 Å². The largest absolute Gasteiger partial charge is 0.491 e. The van der Waals surface area contributed by atoms with Gasteiger partial charge in [0.15, 0.2) is 0 Å². The van der Waals surface area contributed by atoms with Gasteiger partial charge in [-0.05, 0) is 44.5 Å². The average molecular weight is 365 g/mol. The lowest BCUT2D eigenvalue weighted by molar-refractivity contribution is 0.0958. The molecule has 5 heteroatoms. The molecule has 0 saturated heterocycles. The summed E-state index contributed by atoms with van der Waals surface area (Å²) in [5, 5.41) is 17.7. The molecule has 0 bridgehead atoms.